The summed E-state index contributed by atoms with van der Waals surface area (Å²) >= 11 is 4.86. The van der Waals surface area contributed by atoms with Crippen molar-refractivity contribution in [1.82, 2.24) is 15.1 Å². The van der Waals surface area contributed by atoms with E-state index in [4.69, 9.17) is 0 Å². The van der Waals surface area contributed by atoms with Crippen LogP contribution >= 0.6 is 27.3 Å². The average Bonchev–Trinajstić information content (AvgIpc) is 3.15. The molecule has 112 valence electrons. The number of aromatic nitrogens is 2. The minimum atomic E-state index is -0.0715. The van der Waals surface area contributed by atoms with Gasteiger partial charge in [0.05, 0.1) is 22.1 Å². The molecule has 0 fully saturated rings. The second-order valence-corrected chi connectivity index (χ2v) is 7.14. The van der Waals surface area contributed by atoms with E-state index < -0.39 is 0 Å². The number of benzene rings is 1. The Kier molecular flexibility index (Phi) is 4.70. The third kappa shape index (κ3) is 3.84. The first kappa shape index (κ1) is 15.0. The third-order valence-corrected chi connectivity index (χ3v) is 4.66. The van der Waals surface area contributed by atoms with Crippen LogP contribution in [0.5, 0.6) is 0 Å². The second kappa shape index (κ2) is 6.89. The van der Waals surface area contributed by atoms with E-state index in [0.717, 1.165) is 15.9 Å². The summed E-state index contributed by atoms with van der Waals surface area (Å²) in [4.78, 5) is 12.0. The van der Waals surface area contributed by atoms with Gasteiger partial charge in [0.15, 0.2) is 0 Å². The first-order chi connectivity index (χ1) is 10.7. The van der Waals surface area contributed by atoms with Gasteiger partial charge in [0.1, 0.15) is 0 Å². The topological polar surface area (TPSA) is 46.9 Å². The molecule has 2 aromatic heterocycles. The van der Waals surface area contributed by atoms with E-state index >= 15 is 0 Å². The molecule has 0 saturated carbocycles. The molecule has 1 N–H and O–H groups in total. The van der Waals surface area contributed by atoms with Gasteiger partial charge in [0.2, 0.25) is 0 Å². The van der Waals surface area contributed by atoms with Crippen LogP contribution in [0.25, 0.3) is 0 Å². The molecule has 0 aliphatic rings. The predicted molar refractivity (Wildman–Crippen MR) is 91.0 cm³/mol. The van der Waals surface area contributed by atoms with E-state index in [9.17, 15) is 4.79 Å². The molecule has 1 amide bonds. The Morgan fingerprint density at radius 3 is 2.82 bits per heavy atom. The van der Waals surface area contributed by atoms with Crippen LogP contribution in [-0.2, 0) is 13.1 Å². The zero-order chi connectivity index (χ0) is 15.4. The Hall–Kier alpha value is -1.92. The van der Waals surface area contributed by atoms with Crippen LogP contribution in [0.1, 0.15) is 21.5 Å². The Labute approximate surface area is 140 Å². The van der Waals surface area contributed by atoms with Crippen LogP contribution in [0.3, 0.4) is 0 Å². The molecule has 0 unspecified atom stereocenters. The summed E-state index contributed by atoms with van der Waals surface area (Å²) in [6.45, 7) is 1.20. The number of amides is 1. The quantitative estimate of drug-likeness (QED) is 0.739. The molecular weight excluding hydrogens is 362 g/mol. The number of carbonyl (C=O) groups excluding carboxylic acids is 1. The van der Waals surface area contributed by atoms with Crippen LogP contribution < -0.4 is 5.32 Å². The fourth-order valence-corrected chi connectivity index (χ4v) is 3.20. The maximum Gasteiger partial charge on any atom is 0.252 e. The Morgan fingerprint density at radius 1 is 1.27 bits per heavy atom. The van der Waals surface area contributed by atoms with Gasteiger partial charge in [0.25, 0.3) is 5.91 Å². The van der Waals surface area contributed by atoms with Gasteiger partial charge in [-0.2, -0.15) is 5.10 Å². The van der Waals surface area contributed by atoms with Crippen LogP contribution in [-0.4, -0.2) is 15.7 Å². The summed E-state index contributed by atoms with van der Waals surface area (Å²) < 4.78 is 2.83. The van der Waals surface area contributed by atoms with Crippen molar-refractivity contribution in [2.45, 2.75) is 13.1 Å². The molecule has 0 atom stereocenters. The molecule has 3 rings (SSSR count). The number of carbonyl (C=O) groups is 1. The van der Waals surface area contributed by atoms with Gasteiger partial charge in [-0.05, 0) is 27.6 Å². The first-order valence-electron chi connectivity index (χ1n) is 6.78. The number of halogens is 1. The molecule has 2 heterocycles. The average molecular weight is 376 g/mol. The summed E-state index contributed by atoms with van der Waals surface area (Å²) in [5.41, 5.74) is 2.86. The van der Waals surface area contributed by atoms with Crippen LogP contribution in [0.2, 0.25) is 0 Å². The van der Waals surface area contributed by atoms with Crippen molar-refractivity contribution in [2.75, 3.05) is 0 Å². The molecule has 3 aromatic rings. The summed E-state index contributed by atoms with van der Waals surface area (Å²) in [5, 5.41) is 9.06. The molecule has 0 aliphatic carbocycles. The lowest BCUT2D eigenvalue weighted by Crippen LogP contribution is -2.21. The number of rotatable bonds is 5. The largest absolute Gasteiger partial charge is 0.348 e. The standard InChI is InChI=1S/C16H14BrN3OS/c17-15-6-14(11-22-15)16(21)18-7-13-8-19-20(10-13)9-12-4-2-1-3-5-12/h1-6,8,10-11H,7,9H2,(H,18,21). The highest BCUT2D eigenvalue weighted by molar-refractivity contribution is 9.11. The van der Waals surface area contributed by atoms with E-state index in [0.29, 0.717) is 12.1 Å². The Balaban J connectivity index is 1.57. The molecule has 0 saturated heterocycles. The molecule has 0 radical (unpaired) electrons. The van der Waals surface area contributed by atoms with Crippen molar-refractivity contribution >= 4 is 33.2 Å². The Morgan fingerprint density at radius 2 is 2.09 bits per heavy atom. The van der Waals surface area contributed by atoms with E-state index in [1.807, 2.05) is 40.5 Å². The first-order valence-corrected chi connectivity index (χ1v) is 8.45. The normalized spacial score (nSPS) is 10.6. The second-order valence-electron chi connectivity index (χ2n) is 4.85. The zero-order valence-corrected chi connectivity index (χ0v) is 14.1. The number of nitrogens with zero attached hydrogens (tertiary/aromatic N) is 2. The van der Waals surface area contributed by atoms with Gasteiger partial charge in [-0.1, -0.05) is 30.3 Å². The van der Waals surface area contributed by atoms with E-state index in [1.165, 1.54) is 16.9 Å². The highest BCUT2D eigenvalue weighted by Crippen LogP contribution is 2.20. The van der Waals surface area contributed by atoms with Gasteiger partial charge in [-0.15, -0.1) is 11.3 Å². The summed E-state index contributed by atoms with van der Waals surface area (Å²) in [7, 11) is 0. The molecule has 0 spiro atoms. The van der Waals surface area contributed by atoms with Crippen molar-refractivity contribution in [3.8, 4) is 0 Å². The van der Waals surface area contributed by atoms with Crippen molar-refractivity contribution in [3.63, 3.8) is 0 Å². The maximum atomic E-state index is 12.0. The molecule has 22 heavy (non-hydrogen) atoms. The van der Waals surface area contributed by atoms with Gasteiger partial charge < -0.3 is 5.32 Å². The fraction of sp³-hybridized carbons (Fsp3) is 0.125. The lowest BCUT2D eigenvalue weighted by Gasteiger charge is -2.02. The zero-order valence-electron chi connectivity index (χ0n) is 11.7. The molecule has 0 bridgehead atoms. The van der Waals surface area contributed by atoms with Crippen LogP contribution in [0, 0.1) is 0 Å². The third-order valence-electron chi connectivity index (χ3n) is 3.16. The molecule has 0 aliphatic heterocycles. The molecule has 1 aromatic carbocycles. The van der Waals surface area contributed by atoms with E-state index in [1.54, 1.807) is 6.20 Å². The van der Waals surface area contributed by atoms with Gasteiger partial charge in [0, 0.05) is 23.7 Å². The van der Waals surface area contributed by atoms with Crippen molar-refractivity contribution in [1.29, 1.82) is 0 Å². The lowest BCUT2D eigenvalue weighted by molar-refractivity contribution is 0.0951. The number of thiophene rings is 1. The monoisotopic (exact) mass is 375 g/mol. The molecule has 6 heteroatoms. The molecular formula is C16H14BrN3OS. The highest BCUT2D eigenvalue weighted by atomic mass is 79.9. The number of hydrogen-bond acceptors (Lipinski definition) is 3. The van der Waals surface area contributed by atoms with Crippen molar-refractivity contribution in [3.05, 3.63) is 74.6 Å². The van der Waals surface area contributed by atoms with Gasteiger partial charge >= 0.3 is 0 Å². The summed E-state index contributed by atoms with van der Waals surface area (Å²) in [5.74, 6) is -0.0715. The summed E-state index contributed by atoms with van der Waals surface area (Å²) in [6.07, 6.45) is 3.74. The van der Waals surface area contributed by atoms with E-state index in [-0.39, 0.29) is 5.91 Å². The SMILES string of the molecule is O=C(NCc1cnn(Cc2ccccc2)c1)c1csc(Br)c1. The molecule has 4 nitrogen and oxygen atoms in total. The smallest absolute Gasteiger partial charge is 0.252 e. The minimum absolute atomic E-state index is 0.0715. The number of hydrogen-bond donors (Lipinski definition) is 1. The van der Waals surface area contributed by atoms with Crippen LogP contribution in [0.15, 0.2) is 58.0 Å². The Bertz CT molecular complexity index is 767. The highest BCUT2D eigenvalue weighted by Gasteiger charge is 2.08. The maximum absolute atomic E-state index is 12.0. The lowest BCUT2D eigenvalue weighted by atomic mass is 10.2. The minimum Gasteiger partial charge on any atom is -0.348 e. The van der Waals surface area contributed by atoms with Gasteiger partial charge in [-0.25, -0.2) is 0 Å². The van der Waals surface area contributed by atoms with E-state index in [2.05, 4.69) is 38.5 Å². The summed E-state index contributed by atoms with van der Waals surface area (Å²) in [6, 6.07) is 12.0. The predicted octanol–water partition coefficient (Wildman–Crippen LogP) is 3.69. The van der Waals surface area contributed by atoms with Gasteiger partial charge in [-0.3, -0.25) is 9.48 Å². The van der Waals surface area contributed by atoms with Crippen LogP contribution in [0.4, 0.5) is 0 Å². The van der Waals surface area contributed by atoms with Crippen molar-refractivity contribution in [2.24, 2.45) is 0 Å². The van der Waals surface area contributed by atoms with Crippen molar-refractivity contribution < 1.29 is 4.79 Å². The number of nitrogens with one attached hydrogen (secondary N) is 1. The fourth-order valence-electron chi connectivity index (χ4n) is 2.07.